The first-order valence-electron chi connectivity index (χ1n) is 9.05. The molecular formula is C19H22ClNO7S2. The number of likely N-dealkylation sites (tertiary alicyclic amines) is 1. The fraction of sp³-hybridized carbons (Fsp3) is 0.368. The number of halogens is 1. The second-order valence-corrected chi connectivity index (χ2v) is 11.6. The molecule has 1 fully saturated rings. The molecule has 0 amide bonds. The second kappa shape index (κ2) is 8.45. The highest BCUT2D eigenvalue weighted by atomic mass is 35.5. The molecule has 1 saturated heterocycles. The summed E-state index contributed by atoms with van der Waals surface area (Å²) in [4.78, 5) is 2.39. The summed E-state index contributed by atoms with van der Waals surface area (Å²) in [6.07, 6.45) is 0. The summed E-state index contributed by atoms with van der Waals surface area (Å²) in [6, 6.07) is 14.4. The highest BCUT2D eigenvalue weighted by Gasteiger charge is 2.38. The van der Waals surface area contributed by atoms with Gasteiger partial charge in [-0.05, 0) is 43.8 Å². The van der Waals surface area contributed by atoms with Crippen molar-refractivity contribution in [3.63, 3.8) is 0 Å². The van der Waals surface area contributed by atoms with E-state index in [0.29, 0.717) is 18.8 Å². The van der Waals surface area contributed by atoms with Crippen molar-refractivity contribution in [1.29, 1.82) is 0 Å². The van der Waals surface area contributed by atoms with Gasteiger partial charge in [-0.15, -0.1) is 0 Å². The molecule has 0 radical (unpaired) electrons. The highest BCUT2D eigenvalue weighted by molar-refractivity contribution is 8.03. The molecule has 2 atom stereocenters. The van der Waals surface area contributed by atoms with Gasteiger partial charge in [0.25, 0.3) is 20.2 Å². The van der Waals surface area contributed by atoms with E-state index in [1.807, 2.05) is 18.2 Å². The van der Waals surface area contributed by atoms with Gasteiger partial charge in [-0.2, -0.15) is 16.8 Å². The number of hydrogen-bond acceptors (Lipinski definition) is 6. The van der Waals surface area contributed by atoms with Gasteiger partial charge in [0, 0.05) is 35.5 Å². The number of fused-ring (bicyclic) bond motifs is 5. The van der Waals surface area contributed by atoms with E-state index >= 15 is 0 Å². The van der Waals surface area contributed by atoms with Gasteiger partial charge in [0.1, 0.15) is 11.5 Å². The average Bonchev–Trinajstić information content (AvgIpc) is 2.98. The minimum absolute atomic E-state index is 0.456. The van der Waals surface area contributed by atoms with E-state index in [-0.39, 0.29) is 0 Å². The first-order valence-corrected chi connectivity index (χ1v) is 12.4. The Morgan fingerprint density at radius 3 is 2.07 bits per heavy atom. The Hall–Kier alpha value is -1.69. The lowest BCUT2D eigenvalue weighted by Crippen LogP contribution is -2.25. The molecular weight excluding hydrogens is 454 g/mol. The van der Waals surface area contributed by atoms with Crippen molar-refractivity contribution < 1.29 is 30.7 Å². The summed E-state index contributed by atoms with van der Waals surface area (Å²) in [5, 5.41) is 0.784. The van der Waals surface area contributed by atoms with Gasteiger partial charge < -0.3 is 9.64 Å². The van der Waals surface area contributed by atoms with Gasteiger partial charge >= 0.3 is 0 Å². The van der Waals surface area contributed by atoms with Crippen molar-refractivity contribution >= 4 is 31.8 Å². The van der Waals surface area contributed by atoms with Gasteiger partial charge in [0.2, 0.25) is 4.58 Å². The summed E-state index contributed by atoms with van der Waals surface area (Å²) in [5.74, 6) is 2.87. The van der Waals surface area contributed by atoms with Gasteiger partial charge in [-0.1, -0.05) is 29.8 Å². The monoisotopic (exact) mass is 475 g/mol. The Labute approximate surface area is 180 Å². The number of hydrogen-bond donors (Lipinski definition) is 2. The maximum atomic E-state index is 9.99. The molecule has 8 nitrogen and oxygen atoms in total. The lowest BCUT2D eigenvalue weighted by Gasteiger charge is -2.17. The summed E-state index contributed by atoms with van der Waals surface area (Å²) in [6.45, 7) is 2.78. The Balaban J connectivity index is 0.000000220. The zero-order chi connectivity index (χ0) is 22.3. The van der Waals surface area contributed by atoms with Crippen LogP contribution in [0.2, 0.25) is 5.02 Å². The predicted octanol–water partition coefficient (Wildman–Crippen LogP) is 3.37. The van der Waals surface area contributed by atoms with E-state index in [1.54, 1.807) is 0 Å². The molecule has 2 N–H and O–H groups in total. The zero-order valence-corrected chi connectivity index (χ0v) is 18.7. The second-order valence-electron chi connectivity index (χ2n) is 7.35. The average molecular weight is 476 g/mol. The van der Waals surface area contributed by atoms with Gasteiger partial charge in [-0.3, -0.25) is 9.11 Å². The molecule has 0 aromatic heterocycles. The molecule has 2 aliphatic rings. The standard InChI is InChI=1S/C17H16ClNO.C2H6O6S2/c1-19-9-14-12-4-2-3-5-16(12)20-17-7-6-11(18)8-13(17)15(14)10-19;1-2(9(3,4)5)10(6,7)8/h2-8,14-15H,9-10H2,1H3;2H,1H3,(H,3,4,5)(H,6,7,8)/t14-,15-;/m0./s1. The molecule has 0 unspecified atom stereocenters. The summed E-state index contributed by atoms with van der Waals surface area (Å²) in [5.41, 5.74) is 2.55. The number of para-hydroxylation sites is 1. The van der Waals surface area contributed by atoms with Crippen molar-refractivity contribution in [2.75, 3.05) is 20.1 Å². The Morgan fingerprint density at radius 2 is 1.50 bits per heavy atom. The van der Waals surface area contributed by atoms with E-state index in [2.05, 4.69) is 36.2 Å². The molecule has 2 aliphatic heterocycles. The molecule has 0 saturated carbocycles. The van der Waals surface area contributed by atoms with Crippen LogP contribution >= 0.6 is 11.6 Å². The van der Waals surface area contributed by atoms with E-state index in [0.717, 1.165) is 29.6 Å². The molecule has 0 spiro atoms. The van der Waals surface area contributed by atoms with Crippen LogP contribution in [0.25, 0.3) is 0 Å². The third-order valence-electron chi connectivity index (χ3n) is 5.25. The lowest BCUT2D eigenvalue weighted by atomic mass is 9.84. The van der Waals surface area contributed by atoms with Crippen molar-refractivity contribution in [3.05, 3.63) is 58.6 Å². The van der Waals surface area contributed by atoms with Crippen LogP contribution in [0.3, 0.4) is 0 Å². The molecule has 11 heteroatoms. The summed E-state index contributed by atoms with van der Waals surface area (Å²) in [7, 11) is -7.21. The summed E-state index contributed by atoms with van der Waals surface area (Å²) >= 11 is 6.20. The lowest BCUT2D eigenvalue weighted by molar-refractivity contribution is 0.401. The first-order chi connectivity index (χ1) is 13.9. The Morgan fingerprint density at radius 1 is 0.967 bits per heavy atom. The van der Waals surface area contributed by atoms with E-state index in [1.165, 1.54) is 11.1 Å². The predicted molar refractivity (Wildman–Crippen MR) is 114 cm³/mol. The smallest absolute Gasteiger partial charge is 0.284 e. The molecule has 2 heterocycles. The number of likely N-dealkylation sites (N-methyl/N-ethyl adjacent to an activating group) is 1. The van der Waals surface area contributed by atoms with Crippen molar-refractivity contribution in [1.82, 2.24) is 4.90 Å². The van der Waals surface area contributed by atoms with Crippen LogP contribution in [0.5, 0.6) is 11.5 Å². The molecule has 164 valence electrons. The molecule has 2 aromatic carbocycles. The zero-order valence-electron chi connectivity index (χ0n) is 16.3. The van der Waals surface area contributed by atoms with Crippen LogP contribution < -0.4 is 4.74 Å². The van der Waals surface area contributed by atoms with Crippen LogP contribution in [0.4, 0.5) is 0 Å². The molecule has 0 bridgehead atoms. The number of nitrogens with zero attached hydrogens (tertiary/aromatic N) is 1. The van der Waals surface area contributed by atoms with Crippen molar-refractivity contribution in [2.24, 2.45) is 0 Å². The molecule has 0 aliphatic carbocycles. The minimum Gasteiger partial charge on any atom is -0.457 e. The number of rotatable bonds is 2. The van der Waals surface area contributed by atoms with Gasteiger partial charge in [0.05, 0.1) is 0 Å². The molecule has 30 heavy (non-hydrogen) atoms. The Kier molecular flexibility index (Phi) is 6.47. The van der Waals surface area contributed by atoms with Crippen LogP contribution in [-0.2, 0) is 20.2 Å². The maximum absolute atomic E-state index is 9.99. The minimum atomic E-state index is -4.70. The Bertz CT molecular complexity index is 1120. The summed E-state index contributed by atoms with van der Waals surface area (Å²) < 4.78 is 60.1. The van der Waals surface area contributed by atoms with E-state index in [4.69, 9.17) is 25.4 Å². The maximum Gasteiger partial charge on any atom is 0.284 e. The third-order valence-corrected chi connectivity index (χ3v) is 8.62. The topological polar surface area (TPSA) is 121 Å². The highest BCUT2D eigenvalue weighted by Crippen LogP contribution is 2.49. The fourth-order valence-electron chi connectivity index (χ4n) is 3.68. The third kappa shape index (κ3) is 4.96. The van der Waals surface area contributed by atoms with Crippen LogP contribution in [0.1, 0.15) is 29.9 Å². The van der Waals surface area contributed by atoms with Gasteiger partial charge in [0.15, 0.2) is 0 Å². The van der Waals surface area contributed by atoms with Gasteiger partial charge in [-0.25, -0.2) is 0 Å². The quantitative estimate of drug-likeness (QED) is 0.634. The van der Waals surface area contributed by atoms with Crippen molar-refractivity contribution in [2.45, 2.75) is 23.3 Å². The molecule has 2 aromatic rings. The largest absolute Gasteiger partial charge is 0.457 e. The van der Waals surface area contributed by atoms with Crippen molar-refractivity contribution in [3.8, 4) is 11.5 Å². The fourth-order valence-corrected chi connectivity index (χ4v) is 5.09. The number of benzene rings is 2. The SMILES string of the molecule is CC(S(=O)(=O)O)S(=O)(=O)O.CN1C[C@H]2c3ccccc3Oc3ccc(Cl)cc3[C@@H]2C1. The van der Waals surface area contributed by atoms with E-state index < -0.39 is 24.8 Å². The van der Waals surface area contributed by atoms with Crippen LogP contribution in [0.15, 0.2) is 42.5 Å². The van der Waals surface area contributed by atoms with Crippen LogP contribution in [-0.4, -0.2) is 55.6 Å². The van der Waals surface area contributed by atoms with E-state index in [9.17, 15) is 16.8 Å². The number of ether oxygens (including phenoxy) is 1. The van der Waals surface area contributed by atoms with Crippen LogP contribution in [0, 0.1) is 0 Å². The normalized spacial score (nSPS) is 20.9. The molecule has 4 rings (SSSR count). The first kappa shape index (κ1) is 23.0.